The van der Waals surface area contributed by atoms with Crippen LogP contribution in [-0.2, 0) is 14.2 Å². The lowest BCUT2D eigenvalue weighted by Crippen LogP contribution is -2.55. The molecule has 2 rings (SSSR count). The normalized spacial score (nSPS) is 18.7. The van der Waals surface area contributed by atoms with Gasteiger partial charge in [0.2, 0.25) is 0 Å². The Morgan fingerprint density at radius 3 is 2.69 bits per heavy atom. The number of alkyl halides is 4. The first-order valence-corrected chi connectivity index (χ1v) is 8.55. The van der Waals surface area contributed by atoms with Crippen LogP contribution in [0.25, 0.3) is 0 Å². The maximum atomic E-state index is 12.4. The summed E-state index contributed by atoms with van der Waals surface area (Å²) in [5.74, 6) is -0.531. The number of carbonyl (C=O) groups is 1. The minimum absolute atomic E-state index is 0.163. The summed E-state index contributed by atoms with van der Waals surface area (Å²) < 4.78 is 62.3. The van der Waals surface area contributed by atoms with Crippen molar-refractivity contribution in [3.63, 3.8) is 0 Å². The van der Waals surface area contributed by atoms with Crippen LogP contribution in [0, 0.1) is 0 Å². The van der Waals surface area contributed by atoms with Gasteiger partial charge >= 0.3 is 19.2 Å². The maximum Gasteiger partial charge on any atom is 0.349 e. The molecule has 0 amide bonds. The molecular formula is C14H19F4N3O4S. The maximum absolute atomic E-state index is 12.4. The molecule has 0 N–H and O–H groups in total. The summed E-state index contributed by atoms with van der Waals surface area (Å²) in [4.78, 5) is 19.6. The molecular weight excluding hydrogens is 382 g/mol. The minimum atomic E-state index is -2.92. The van der Waals surface area contributed by atoms with Crippen LogP contribution in [0.2, 0.25) is 0 Å². The molecule has 0 aromatic carbocycles. The quantitative estimate of drug-likeness (QED) is 0.463. The Bertz CT molecular complexity index is 578. The third-order valence-corrected chi connectivity index (χ3v) is 4.77. The molecule has 0 saturated carbocycles. The summed E-state index contributed by atoms with van der Waals surface area (Å²) >= 11 is 1.09. The third kappa shape index (κ3) is 6.04. The fraction of sp³-hybridized carbons (Fsp3) is 0.714. The van der Waals surface area contributed by atoms with Crippen molar-refractivity contribution in [3.8, 4) is 0 Å². The highest BCUT2D eigenvalue weighted by Crippen LogP contribution is 2.27. The van der Waals surface area contributed by atoms with E-state index in [4.69, 9.17) is 0 Å². The van der Waals surface area contributed by atoms with E-state index < -0.39 is 25.2 Å². The van der Waals surface area contributed by atoms with E-state index in [1.165, 1.54) is 13.3 Å². The Morgan fingerprint density at radius 2 is 2.04 bits per heavy atom. The summed E-state index contributed by atoms with van der Waals surface area (Å²) in [6.07, 6.45) is 1.36. The van der Waals surface area contributed by atoms with E-state index in [0.29, 0.717) is 29.6 Å². The molecule has 1 aliphatic heterocycles. The lowest BCUT2D eigenvalue weighted by atomic mass is 10.2. The SMILES string of the molecule is COC(=O)c1cnc(N2CCN(CCOC(F)F)C[C@H]2COC(F)F)s1. The number of piperazine rings is 1. The van der Waals surface area contributed by atoms with Crippen LogP contribution in [-0.4, -0.2) is 81.6 Å². The zero-order chi connectivity index (χ0) is 19.1. The number of esters is 1. The number of rotatable bonds is 9. The third-order valence-electron chi connectivity index (χ3n) is 3.76. The number of thiazole rings is 1. The van der Waals surface area contributed by atoms with Gasteiger partial charge in [0.05, 0.1) is 32.6 Å². The number of hydrogen-bond donors (Lipinski definition) is 0. The molecule has 1 aromatic rings. The molecule has 1 atom stereocenters. The number of ether oxygens (including phenoxy) is 3. The largest absolute Gasteiger partial charge is 0.465 e. The molecule has 7 nitrogen and oxygen atoms in total. The fourth-order valence-corrected chi connectivity index (χ4v) is 3.50. The van der Waals surface area contributed by atoms with Crippen LogP contribution in [0.15, 0.2) is 6.20 Å². The monoisotopic (exact) mass is 401 g/mol. The van der Waals surface area contributed by atoms with Crippen molar-refractivity contribution in [1.29, 1.82) is 0 Å². The van der Waals surface area contributed by atoms with Crippen molar-refractivity contribution in [2.75, 3.05) is 51.4 Å². The van der Waals surface area contributed by atoms with Crippen LogP contribution in [0.1, 0.15) is 9.67 Å². The van der Waals surface area contributed by atoms with Gasteiger partial charge in [0.1, 0.15) is 4.88 Å². The molecule has 0 unspecified atom stereocenters. The predicted molar refractivity (Wildman–Crippen MR) is 84.9 cm³/mol. The highest BCUT2D eigenvalue weighted by atomic mass is 32.1. The van der Waals surface area contributed by atoms with Gasteiger partial charge in [-0.25, -0.2) is 9.78 Å². The number of halogens is 4. The van der Waals surface area contributed by atoms with E-state index in [-0.39, 0.29) is 19.8 Å². The van der Waals surface area contributed by atoms with E-state index in [1.807, 2.05) is 4.90 Å². The highest BCUT2D eigenvalue weighted by Gasteiger charge is 2.30. The second-order valence-electron chi connectivity index (χ2n) is 5.37. The summed E-state index contributed by atoms with van der Waals surface area (Å²) in [7, 11) is 1.25. The summed E-state index contributed by atoms with van der Waals surface area (Å²) in [5.41, 5.74) is 0. The van der Waals surface area contributed by atoms with Gasteiger partial charge in [0.15, 0.2) is 5.13 Å². The smallest absolute Gasteiger partial charge is 0.349 e. The molecule has 0 radical (unpaired) electrons. The van der Waals surface area contributed by atoms with Crippen molar-refractivity contribution in [2.45, 2.75) is 19.3 Å². The average molecular weight is 401 g/mol. The van der Waals surface area contributed by atoms with Gasteiger partial charge in [0.25, 0.3) is 0 Å². The van der Waals surface area contributed by atoms with E-state index >= 15 is 0 Å². The Hall–Kier alpha value is -1.50. The van der Waals surface area contributed by atoms with Gasteiger partial charge in [-0.3, -0.25) is 4.90 Å². The molecule has 0 spiro atoms. The zero-order valence-electron chi connectivity index (χ0n) is 13.9. The Labute approximate surface area is 151 Å². The average Bonchev–Trinajstić information content (AvgIpc) is 3.09. The molecule has 26 heavy (non-hydrogen) atoms. The van der Waals surface area contributed by atoms with Crippen LogP contribution in [0.4, 0.5) is 22.7 Å². The van der Waals surface area contributed by atoms with E-state index in [9.17, 15) is 22.4 Å². The molecule has 148 valence electrons. The van der Waals surface area contributed by atoms with Crippen LogP contribution in [0.5, 0.6) is 0 Å². The minimum Gasteiger partial charge on any atom is -0.465 e. The van der Waals surface area contributed by atoms with Gasteiger partial charge in [-0.2, -0.15) is 17.6 Å². The Balaban J connectivity index is 2.02. The van der Waals surface area contributed by atoms with Crippen molar-refractivity contribution >= 4 is 22.4 Å². The van der Waals surface area contributed by atoms with Crippen LogP contribution in [0.3, 0.4) is 0 Å². The van der Waals surface area contributed by atoms with Gasteiger partial charge < -0.3 is 19.1 Å². The van der Waals surface area contributed by atoms with E-state index in [2.05, 4.69) is 19.2 Å². The summed E-state index contributed by atoms with van der Waals surface area (Å²) in [5, 5.41) is 0.483. The zero-order valence-corrected chi connectivity index (χ0v) is 14.8. The molecule has 1 saturated heterocycles. The fourth-order valence-electron chi connectivity index (χ4n) is 2.56. The van der Waals surface area contributed by atoms with Crippen molar-refractivity contribution < 1.29 is 36.6 Å². The van der Waals surface area contributed by atoms with Crippen LogP contribution >= 0.6 is 11.3 Å². The molecule has 0 bridgehead atoms. The molecule has 12 heteroatoms. The number of aromatic nitrogens is 1. The standard InChI is InChI=1S/C14H19F4N3O4S/c1-23-11(22)10-6-19-14(26-10)21-3-2-20(4-5-24-12(15)16)7-9(21)8-25-13(17)18/h6,9,12-13H,2-5,7-8H2,1H3/t9-/m0/s1. The highest BCUT2D eigenvalue weighted by molar-refractivity contribution is 7.17. The first kappa shape index (κ1) is 20.8. The van der Waals surface area contributed by atoms with Gasteiger partial charge in [-0.1, -0.05) is 11.3 Å². The first-order chi connectivity index (χ1) is 12.4. The van der Waals surface area contributed by atoms with Gasteiger partial charge in [-0.05, 0) is 0 Å². The molecule has 2 heterocycles. The van der Waals surface area contributed by atoms with Gasteiger partial charge in [-0.15, -0.1) is 0 Å². The molecule has 0 aliphatic carbocycles. The second kappa shape index (κ2) is 10.00. The van der Waals surface area contributed by atoms with Gasteiger partial charge in [0, 0.05) is 26.2 Å². The Kier molecular flexibility index (Phi) is 8.00. The number of methoxy groups -OCH3 is 1. The summed E-state index contributed by atoms with van der Waals surface area (Å²) in [6.45, 7) is -4.72. The van der Waals surface area contributed by atoms with Crippen LogP contribution < -0.4 is 4.90 Å². The number of hydrogen-bond acceptors (Lipinski definition) is 8. The summed E-state index contributed by atoms with van der Waals surface area (Å²) in [6, 6.07) is -0.471. The number of anilines is 1. The molecule has 1 aliphatic rings. The topological polar surface area (TPSA) is 64.1 Å². The van der Waals surface area contributed by atoms with Crippen molar-refractivity contribution in [1.82, 2.24) is 9.88 Å². The van der Waals surface area contributed by atoms with E-state index in [1.54, 1.807) is 4.90 Å². The van der Waals surface area contributed by atoms with Crippen molar-refractivity contribution in [3.05, 3.63) is 11.1 Å². The number of carbonyl (C=O) groups excluding carboxylic acids is 1. The number of nitrogens with zero attached hydrogens (tertiary/aromatic N) is 3. The molecule has 1 aromatic heterocycles. The second-order valence-corrected chi connectivity index (χ2v) is 6.38. The Morgan fingerprint density at radius 1 is 1.31 bits per heavy atom. The van der Waals surface area contributed by atoms with Crippen molar-refractivity contribution in [2.24, 2.45) is 0 Å². The lowest BCUT2D eigenvalue weighted by Gasteiger charge is -2.41. The lowest BCUT2D eigenvalue weighted by molar-refractivity contribution is -0.139. The first-order valence-electron chi connectivity index (χ1n) is 7.73. The predicted octanol–water partition coefficient (Wildman–Crippen LogP) is 1.90. The van der Waals surface area contributed by atoms with E-state index in [0.717, 1.165) is 11.3 Å². The molecule has 1 fully saturated rings.